The molecule has 1 aliphatic rings. The third kappa shape index (κ3) is 18.5. The fraction of sp³-hybridized carbons (Fsp3) is 1.00. The van der Waals surface area contributed by atoms with E-state index in [0.29, 0.717) is 0 Å². The molecule has 0 aromatic heterocycles. The van der Waals surface area contributed by atoms with Gasteiger partial charge in [-0.05, 0) is 74.8 Å². The maximum absolute atomic E-state index is 5.70. The van der Waals surface area contributed by atoms with Gasteiger partial charge in [0, 0.05) is 0 Å². The van der Waals surface area contributed by atoms with E-state index in [-0.39, 0.29) is 0 Å². The summed E-state index contributed by atoms with van der Waals surface area (Å²) in [6, 6.07) is 0. The third-order valence-corrected chi connectivity index (χ3v) is 10.7. The van der Waals surface area contributed by atoms with E-state index in [2.05, 4.69) is 20.8 Å². The number of nitrogens with two attached hydrogens (primary N) is 2. The minimum Gasteiger partial charge on any atom is -0.330 e. The molecule has 4 unspecified atom stereocenters. The fourth-order valence-corrected chi connectivity index (χ4v) is 8.27. The summed E-state index contributed by atoms with van der Waals surface area (Å²) in [6.07, 6.45) is 40.2. The lowest BCUT2D eigenvalue weighted by Gasteiger charge is -2.47. The summed E-state index contributed by atoms with van der Waals surface area (Å²) < 4.78 is 0. The van der Waals surface area contributed by atoms with E-state index in [9.17, 15) is 0 Å². The van der Waals surface area contributed by atoms with Gasteiger partial charge < -0.3 is 11.5 Å². The van der Waals surface area contributed by atoms with Crippen molar-refractivity contribution in [3.8, 4) is 0 Å². The van der Waals surface area contributed by atoms with Crippen LogP contribution in [0.3, 0.4) is 0 Å². The predicted octanol–water partition coefficient (Wildman–Crippen LogP) is 12.0. The fourth-order valence-electron chi connectivity index (χ4n) is 8.27. The van der Waals surface area contributed by atoms with Gasteiger partial charge in [0.1, 0.15) is 0 Å². The van der Waals surface area contributed by atoms with E-state index in [4.69, 9.17) is 11.5 Å². The smallest absolute Gasteiger partial charge is 0.00773 e. The van der Waals surface area contributed by atoms with Gasteiger partial charge in [0.05, 0.1) is 0 Å². The molecule has 240 valence electrons. The molecule has 4 N–H and O–H groups in total. The molecule has 0 aromatic carbocycles. The van der Waals surface area contributed by atoms with Crippen molar-refractivity contribution >= 4 is 0 Å². The topological polar surface area (TPSA) is 52.0 Å². The second-order valence-electron chi connectivity index (χ2n) is 14.1. The maximum atomic E-state index is 5.70. The lowest BCUT2D eigenvalue weighted by molar-refractivity contribution is 0.0266. The number of rotatable bonds is 29. The molecule has 0 bridgehead atoms. The molecule has 1 fully saturated rings. The highest BCUT2D eigenvalue weighted by Gasteiger charge is 2.40. The summed E-state index contributed by atoms with van der Waals surface area (Å²) in [5.74, 6) is 4.97. The van der Waals surface area contributed by atoms with E-state index >= 15 is 0 Å². The van der Waals surface area contributed by atoms with Gasteiger partial charge in [-0.1, -0.05) is 168 Å². The first-order chi connectivity index (χ1) is 19.7. The van der Waals surface area contributed by atoms with Gasteiger partial charge >= 0.3 is 0 Å². The van der Waals surface area contributed by atoms with Gasteiger partial charge in [-0.2, -0.15) is 0 Å². The zero-order valence-corrected chi connectivity index (χ0v) is 28.3. The number of hydrogen-bond donors (Lipinski definition) is 2. The van der Waals surface area contributed by atoms with Crippen molar-refractivity contribution < 1.29 is 0 Å². The van der Waals surface area contributed by atoms with Crippen LogP contribution in [-0.2, 0) is 0 Å². The molecule has 1 aliphatic carbocycles. The number of hydrogen-bond acceptors (Lipinski definition) is 2. The Morgan fingerprint density at radius 3 is 1.43 bits per heavy atom. The van der Waals surface area contributed by atoms with Crippen LogP contribution in [0.5, 0.6) is 0 Å². The highest BCUT2D eigenvalue weighted by atomic mass is 14.5. The second-order valence-corrected chi connectivity index (χ2v) is 14.1. The zero-order valence-electron chi connectivity index (χ0n) is 28.3. The molecule has 0 amide bonds. The molecule has 0 spiro atoms. The van der Waals surface area contributed by atoms with Gasteiger partial charge in [0.15, 0.2) is 0 Å². The molecule has 5 atom stereocenters. The Morgan fingerprint density at radius 2 is 0.875 bits per heavy atom. The minimum atomic E-state index is 0.870. The standard InChI is InChI=1S/C38H78N2/c1-4-6-8-21-26-34(3)38-36(28-20-7-5-2)31-30-35(27-22-16-12-9-10-14-18-24-32-39)37(38)29-23-17-13-11-15-19-25-33-40/h34-38H,4-33,39-40H2,1-3H3/t34-,35?,36?,37?,38?/m0/s1. The van der Waals surface area contributed by atoms with Gasteiger partial charge in [-0.3, -0.25) is 0 Å². The van der Waals surface area contributed by atoms with Gasteiger partial charge in [0.2, 0.25) is 0 Å². The average molecular weight is 563 g/mol. The van der Waals surface area contributed by atoms with E-state index < -0.39 is 0 Å². The molecule has 2 heteroatoms. The van der Waals surface area contributed by atoms with E-state index in [0.717, 1.165) is 42.7 Å². The largest absolute Gasteiger partial charge is 0.330 e. The first-order valence-electron chi connectivity index (χ1n) is 19.1. The third-order valence-electron chi connectivity index (χ3n) is 10.7. The molecule has 0 aromatic rings. The molecule has 0 aliphatic heterocycles. The van der Waals surface area contributed by atoms with Crippen LogP contribution >= 0.6 is 0 Å². The second kappa shape index (κ2) is 27.7. The molecule has 0 saturated heterocycles. The molecular weight excluding hydrogens is 484 g/mol. The zero-order chi connectivity index (χ0) is 29.1. The molecule has 2 nitrogen and oxygen atoms in total. The van der Waals surface area contributed by atoms with E-state index in [1.807, 2.05) is 0 Å². The Hall–Kier alpha value is -0.0800. The van der Waals surface area contributed by atoms with Crippen LogP contribution in [0.4, 0.5) is 0 Å². The SMILES string of the molecule is CCCCCC[C@H](C)C1C(CCCCC)CCC(CCCCCCCCCCN)C1CCCCCCCCCN. The molecule has 0 heterocycles. The Labute approximate surface area is 254 Å². The number of unbranched alkanes of at least 4 members (excludes halogenated alkanes) is 18. The van der Waals surface area contributed by atoms with E-state index in [1.165, 1.54) is 173 Å². The van der Waals surface area contributed by atoms with E-state index in [1.54, 1.807) is 6.42 Å². The monoisotopic (exact) mass is 563 g/mol. The van der Waals surface area contributed by atoms with Crippen LogP contribution in [0.25, 0.3) is 0 Å². The normalized spacial score (nSPS) is 22.1. The highest BCUT2D eigenvalue weighted by Crippen LogP contribution is 2.49. The van der Waals surface area contributed by atoms with Crippen molar-refractivity contribution in [3.63, 3.8) is 0 Å². The highest BCUT2D eigenvalue weighted by molar-refractivity contribution is 4.90. The van der Waals surface area contributed by atoms with Crippen LogP contribution in [0, 0.1) is 29.6 Å². The van der Waals surface area contributed by atoms with Crippen molar-refractivity contribution in [2.45, 2.75) is 201 Å². The Balaban J connectivity index is 2.72. The van der Waals surface area contributed by atoms with Crippen LogP contribution < -0.4 is 11.5 Å². The minimum absolute atomic E-state index is 0.870. The van der Waals surface area contributed by atoms with Crippen molar-refractivity contribution in [2.24, 2.45) is 41.1 Å². The lowest BCUT2D eigenvalue weighted by Crippen LogP contribution is -2.38. The van der Waals surface area contributed by atoms with Crippen LogP contribution in [0.1, 0.15) is 201 Å². The Bertz CT molecular complexity index is 506. The average Bonchev–Trinajstić information content (AvgIpc) is 2.96. The molecule has 1 rings (SSSR count). The molecular formula is C38H78N2. The summed E-state index contributed by atoms with van der Waals surface area (Å²) in [5, 5.41) is 0. The predicted molar refractivity (Wildman–Crippen MR) is 182 cm³/mol. The van der Waals surface area contributed by atoms with Crippen LogP contribution in [0.15, 0.2) is 0 Å². The van der Waals surface area contributed by atoms with Crippen molar-refractivity contribution in [1.29, 1.82) is 0 Å². The van der Waals surface area contributed by atoms with Crippen LogP contribution in [-0.4, -0.2) is 13.1 Å². The van der Waals surface area contributed by atoms with Crippen molar-refractivity contribution in [2.75, 3.05) is 13.1 Å². The quantitative estimate of drug-likeness (QED) is 0.0890. The summed E-state index contributed by atoms with van der Waals surface area (Å²) >= 11 is 0. The molecule has 40 heavy (non-hydrogen) atoms. The van der Waals surface area contributed by atoms with Crippen molar-refractivity contribution in [1.82, 2.24) is 0 Å². The first-order valence-corrected chi connectivity index (χ1v) is 19.1. The maximum Gasteiger partial charge on any atom is -0.00773 e. The molecule has 0 radical (unpaired) electrons. The lowest BCUT2D eigenvalue weighted by atomic mass is 9.58. The summed E-state index contributed by atoms with van der Waals surface area (Å²) in [4.78, 5) is 0. The summed E-state index contributed by atoms with van der Waals surface area (Å²) in [5.41, 5.74) is 11.4. The van der Waals surface area contributed by atoms with Gasteiger partial charge in [0.25, 0.3) is 0 Å². The van der Waals surface area contributed by atoms with Gasteiger partial charge in [-0.15, -0.1) is 0 Å². The Morgan fingerprint density at radius 1 is 0.475 bits per heavy atom. The summed E-state index contributed by atoms with van der Waals surface area (Å²) in [6.45, 7) is 9.16. The first kappa shape index (κ1) is 37.9. The van der Waals surface area contributed by atoms with Crippen molar-refractivity contribution in [3.05, 3.63) is 0 Å². The summed E-state index contributed by atoms with van der Waals surface area (Å²) in [7, 11) is 0. The molecule has 1 saturated carbocycles. The Kier molecular flexibility index (Phi) is 26.3. The van der Waals surface area contributed by atoms with Gasteiger partial charge in [-0.25, -0.2) is 0 Å². The van der Waals surface area contributed by atoms with Crippen LogP contribution in [0.2, 0.25) is 0 Å².